The van der Waals surface area contributed by atoms with Gasteiger partial charge in [-0.3, -0.25) is 4.79 Å². The number of carbonyl (C=O) groups excluding carboxylic acids is 1. The second-order valence-electron chi connectivity index (χ2n) is 6.77. The van der Waals surface area contributed by atoms with Crippen LogP contribution >= 0.6 is 23.2 Å². The Hall–Kier alpha value is -3.49. The minimum absolute atomic E-state index is 0.102. The van der Waals surface area contributed by atoms with Crippen molar-refractivity contribution in [3.05, 3.63) is 81.8 Å². The lowest BCUT2D eigenvalue weighted by Crippen LogP contribution is -2.13. The van der Waals surface area contributed by atoms with Crippen LogP contribution in [0, 0.1) is 5.82 Å². The Kier molecular flexibility index (Phi) is 6.34. The number of carbonyl (C=O) groups is 1. The van der Waals surface area contributed by atoms with E-state index in [1.165, 1.54) is 0 Å². The summed E-state index contributed by atoms with van der Waals surface area (Å²) >= 11 is 11.5. The number of para-hydroxylation sites is 1. The molecule has 2 aromatic carbocycles. The minimum atomic E-state index is -0.818. The normalized spacial score (nSPS) is 10.8. The van der Waals surface area contributed by atoms with Gasteiger partial charge in [0.15, 0.2) is 11.0 Å². The summed E-state index contributed by atoms with van der Waals surface area (Å²) in [5.41, 5.74) is 2.22. The summed E-state index contributed by atoms with van der Waals surface area (Å²) < 4.78 is 13.6. The Balaban J connectivity index is 1.45. The number of amides is 1. The maximum atomic E-state index is 13.6. The van der Waals surface area contributed by atoms with Crippen LogP contribution in [-0.4, -0.2) is 27.9 Å². The molecule has 0 aliphatic rings. The van der Waals surface area contributed by atoms with Gasteiger partial charge in [0, 0.05) is 24.7 Å². The third kappa shape index (κ3) is 4.71. The average Bonchev–Trinajstić information content (AvgIpc) is 2.80. The van der Waals surface area contributed by atoms with E-state index in [-0.39, 0.29) is 15.9 Å². The van der Waals surface area contributed by atoms with Gasteiger partial charge >= 0.3 is 0 Å². The molecule has 32 heavy (non-hydrogen) atoms. The first-order chi connectivity index (χ1) is 15.4. The highest BCUT2D eigenvalue weighted by atomic mass is 35.5. The number of hydrogen-bond donors (Lipinski definition) is 3. The molecule has 0 saturated carbocycles. The number of pyridine rings is 1. The van der Waals surface area contributed by atoms with Crippen molar-refractivity contribution in [2.75, 3.05) is 23.0 Å². The van der Waals surface area contributed by atoms with Gasteiger partial charge in [0.05, 0.1) is 11.1 Å². The van der Waals surface area contributed by atoms with E-state index in [2.05, 4.69) is 30.9 Å². The molecule has 1 amide bonds. The van der Waals surface area contributed by atoms with Crippen LogP contribution < -0.4 is 16.0 Å². The number of nitrogens with zero attached hydrogens (tertiary/aromatic N) is 3. The molecule has 0 atom stereocenters. The van der Waals surface area contributed by atoms with Crippen molar-refractivity contribution in [1.82, 2.24) is 15.0 Å². The van der Waals surface area contributed by atoms with Crippen molar-refractivity contribution in [2.24, 2.45) is 0 Å². The Morgan fingerprint density at radius 2 is 1.75 bits per heavy atom. The SMILES string of the molecule is CNc1nc(NCc2ccc(NC(=O)c3cc(F)c(Cl)nc3Cl)cc2)c2ccccc2n1. The van der Waals surface area contributed by atoms with Crippen LogP contribution in [0.2, 0.25) is 10.3 Å². The van der Waals surface area contributed by atoms with Crippen molar-refractivity contribution in [3.8, 4) is 0 Å². The van der Waals surface area contributed by atoms with E-state index in [0.717, 1.165) is 22.5 Å². The van der Waals surface area contributed by atoms with Gasteiger partial charge in [-0.1, -0.05) is 47.5 Å². The number of anilines is 3. The largest absolute Gasteiger partial charge is 0.365 e. The molecular formula is C22H17Cl2FN6O. The molecule has 2 aromatic heterocycles. The fourth-order valence-corrected chi connectivity index (χ4v) is 3.43. The number of halogens is 3. The fourth-order valence-electron chi connectivity index (χ4n) is 3.02. The number of benzene rings is 2. The van der Waals surface area contributed by atoms with E-state index < -0.39 is 11.7 Å². The monoisotopic (exact) mass is 470 g/mol. The summed E-state index contributed by atoms with van der Waals surface area (Å²) in [7, 11) is 1.77. The fraction of sp³-hybridized carbons (Fsp3) is 0.0909. The number of aromatic nitrogens is 3. The molecule has 7 nitrogen and oxygen atoms in total. The third-order valence-electron chi connectivity index (χ3n) is 4.63. The Morgan fingerprint density at radius 3 is 2.50 bits per heavy atom. The highest BCUT2D eigenvalue weighted by Crippen LogP contribution is 2.23. The van der Waals surface area contributed by atoms with Gasteiger partial charge in [-0.15, -0.1) is 0 Å². The van der Waals surface area contributed by atoms with Gasteiger partial charge in [0.1, 0.15) is 11.0 Å². The Morgan fingerprint density at radius 1 is 1.00 bits per heavy atom. The zero-order valence-electron chi connectivity index (χ0n) is 16.8. The van der Waals surface area contributed by atoms with E-state index in [9.17, 15) is 9.18 Å². The molecule has 4 aromatic rings. The Labute approximate surface area is 193 Å². The molecule has 0 unspecified atom stereocenters. The van der Waals surface area contributed by atoms with Crippen molar-refractivity contribution in [2.45, 2.75) is 6.54 Å². The van der Waals surface area contributed by atoms with Crippen molar-refractivity contribution < 1.29 is 9.18 Å². The third-order valence-corrected chi connectivity index (χ3v) is 5.18. The van der Waals surface area contributed by atoms with E-state index in [0.29, 0.717) is 24.0 Å². The molecule has 2 heterocycles. The van der Waals surface area contributed by atoms with E-state index in [1.807, 2.05) is 36.4 Å². The highest BCUT2D eigenvalue weighted by molar-refractivity contribution is 6.35. The number of hydrogen-bond acceptors (Lipinski definition) is 6. The number of rotatable bonds is 6. The summed E-state index contributed by atoms with van der Waals surface area (Å²) in [4.78, 5) is 25.0. The maximum absolute atomic E-state index is 13.6. The first-order valence-corrected chi connectivity index (χ1v) is 10.3. The van der Waals surface area contributed by atoms with E-state index in [1.54, 1.807) is 19.2 Å². The topological polar surface area (TPSA) is 91.8 Å². The van der Waals surface area contributed by atoms with Crippen LogP contribution in [0.4, 0.5) is 21.8 Å². The van der Waals surface area contributed by atoms with Gasteiger partial charge in [-0.25, -0.2) is 14.4 Å². The molecule has 0 radical (unpaired) electrons. The highest BCUT2D eigenvalue weighted by Gasteiger charge is 2.16. The average molecular weight is 471 g/mol. The predicted molar refractivity (Wildman–Crippen MR) is 125 cm³/mol. The zero-order chi connectivity index (χ0) is 22.7. The summed E-state index contributed by atoms with van der Waals surface area (Å²) in [5, 5.41) is 9.30. The smallest absolute Gasteiger partial charge is 0.258 e. The lowest BCUT2D eigenvalue weighted by atomic mass is 10.2. The molecule has 0 aliphatic heterocycles. The van der Waals surface area contributed by atoms with E-state index >= 15 is 0 Å². The molecule has 0 bridgehead atoms. The van der Waals surface area contributed by atoms with Crippen LogP contribution in [0.25, 0.3) is 10.9 Å². The lowest BCUT2D eigenvalue weighted by Gasteiger charge is -2.11. The molecule has 0 fully saturated rings. The molecule has 162 valence electrons. The summed E-state index contributed by atoms with van der Waals surface area (Å²) in [6.45, 7) is 0.510. The molecular weight excluding hydrogens is 454 g/mol. The van der Waals surface area contributed by atoms with Crippen LogP contribution in [0.5, 0.6) is 0 Å². The Bertz CT molecular complexity index is 1300. The van der Waals surface area contributed by atoms with Crippen LogP contribution in [0.15, 0.2) is 54.6 Å². The van der Waals surface area contributed by atoms with Crippen LogP contribution in [-0.2, 0) is 6.54 Å². The molecule has 0 spiro atoms. The first kappa shape index (κ1) is 21.7. The quantitative estimate of drug-likeness (QED) is 0.327. The molecule has 0 aliphatic carbocycles. The van der Waals surface area contributed by atoms with Crippen LogP contribution in [0.3, 0.4) is 0 Å². The van der Waals surface area contributed by atoms with Crippen LogP contribution in [0.1, 0.15) is 15.9 Å². The summed E-state index contributed by atoms with van der Waals surface area (Å²) in [6, 6.07) is 15.9. The summed E-state index contributed by atoms with van der Waals surface area (Å²) in [6.07, 6.45) is 0. The van der Waals surface area contributed by atoms with Crippen molar-refractivity contribution >= 4 is 57.5 Å². The number of fused-ring (bicyclic) bond motifs is 1. The van der Waals surface area contributed by atoms with Gasteiger partial charge < -0.3 is 16.0 Å². The predicted octanol–water partition coefficient (Wildman–Crippen LogP) is 5.38. The second-order valence-corrected chi connectivity index (χ2v) is 7.48. The van der Waals surface area contributed by atoms with Gasteiger partial charge in [-0.05, 0) is 35.9 Å². The lowest BCUT2D eigenvalue weighted by molar-refractivity contribution is 0.102. The zero-order valence-corrected chi connectivity index (χ0v) is 18.3. The maximum Gasteiger partial charge on any atom is 0.258 e. The van der Waals surface area contributed by atoms with Gasteiger partial charge in [0.25, 0.3) is 5.91 Å². The first-order valence-electron chi connectivity index (χ1n) is 9.55. The van der Waals surface area contributed by atoms with Crippen molar-refractivity contribution in [1.29, 1.82) is 0 Å². The minimum Gasteiger partial charge on any atom is -0.365 e. The molecule has 0 saturated heterocycles. The molecule has 10 heteroatoms. The van der Waals surface area contributed by atoms with Gasteiger partial charge in [0.2, 0.25) is 5.95 Å². The van der Waals surface area contributed by atoms with E-state index in [4.69, 9.17) is 23.2 Å². The number of nitrogens with one attached hydrogen (secondary N) is 3. The summed E-state index contributed by atoms with van der Waals surface area (Å²) in [5.74, 6) is -0.169. The molecule has 4 rings (SSSR count). The van der Waals surface area contributed by atoms with Gasteiger partial charge in [-0.2, -0.15) is 4.98 Å². The van der Waals surface area contributed by atoms with Crippen molar-refractivity contribution in [3.63, 3.8) is 0 Å². The molecule has 3 N–H and O–H groups in total. The second kappa shape index (κ2) is 9.33. The standard InChI is InChI=1S/C22H17Cl2FN6O/c1-26-22-29-17-5-3-2-4-14(17)20(31-22)27-11-12-6-8-13(9-7-12)28-21(32)15-10-16(25)19(24)30-18(15)23/h2-10H,11H2,1H3,(H,28,32)(H2,26,27,29,31).